The van der Waals surface area contributed by atoms with E-state index in [9.17, 15) is 9.59 Å². The van der Waals surface area contributed by atoms with Crippen LogP contribution in [-0.4, -0.2) is 46.7 Å². The van der Waals surface area contributed by atoms with Gasteiger partial charge in [-0.3, -0.25) is 4.79 Å². The quantitative estimate of drug-likeness (QED) is 0.637. The third-order valence-electron chi connectivity index (χ3n) is 2.30. The number of allylic oxidation sites excluding steroid dienone is 3. The first-order chi connectivity index (χ1) is 7.97. The maximum atomic E-state index is 11.2. The molecule has 0 saturated heterocycles. The standard InChI is InChI=1S/C12H17NO4/c1-4-6-9(5-2)7-10(12(16)17)13(3)11(15)8-14/h4-6,10,14H,1-2,7-8H2,3H3,(H,16,17)/b9-6+. The van der Waals surface area contributed by atoms with E-state index in [1.54, 1.807) is 6.08 Å². The topological polar surface area (TPSA) is 77.8 Å². The molecule has 94 valence electrons. The average molecular weight is 239 g/mol. The number of hydrogen-bond acceptors (Lipinski definition) is 3. The van der Waals surface area contributed by atoms with Crippen LogP contribution in [-0.2, 0) is 9.59 Å². The van der Waals surface area contributed by atoms with E-state index in [1.807, 2.05) is 0 Å². The molecule has 0 aliphatic heterocycles. The highest BCUT2D eigenvalue weighted by atomic mass is 16.4. The van der Waals surface area contributed by atoms with Gasteiger partial charge in [-0.2, -0.15) is 0 Å². The van der Waals surface area contributed by atoms with Crippen molar-refractivity contribution in [3.05, 3.63) is 37.0 Å². The molecule has 1 amide bonds. The van der Waals surface area contributed by atoms with E-state index in [-0.39, 0.29) is 6.42 Å². The molecule has 2 N–H and O–H groups in total. The average Bonchev–Trinajstić information content (AvgIpc) is 2.32. The molecule has 0 aromatic heterocycles. The van der Waals surface area contributed by atoms with Crippen LogP contribution in [0.4, 0.5) is 0 Å². The Hall–Kier alpha value is -1.88. The lowest BCUT2D eigenvalue weighted by Gasteiger charge is -2.24. The van der Waals surface area contributed by atoms with Gasteiger partial charge in [0.1, 0.15) is 12.6 Å². The highest BCUT2D eigenvalue weighted by Gasteiger charge is 2.26. The van der Waals surface area contributed by atoms with Crippen molar-refractivity contribution in [1.82, 2.24) is 4.90 Å². The van der Waals surface area contributed by atoms with Gasteiger partial charge in [0, 0.05) is 13.5 Å². The number of carbonyl (C=O) groups excluding carboxylic acids is 1. The third kappa shape index (κ3) is 4.65. The molecule has 5 heteroatoms. The number of aliphatic hydroxyl groups is 1. The number of carbonyl (C=O) groups is 2. The Balaban J connectivity index is 4.93. The molecule has 0 aliphatic rings. The molecular formula is C12H17NO4. The molecule has 0 aromatic carbocycles. The maximum Gasteiger partial charge on any atom is 0.326 e. The second kappa shape index (κ2) is 7.40. The fraction of sp³-hybridized carbons (Fsp3) is 0.333. The zero-order valence-corrected chi connectivity index (χ0v) is 9.80. The van der Waals surface area contributed by atoms with E-state index in [4.69, 9.17) is 10.2 Å². The van der Waals surface area contributed by atoms with Crippen LogP contribution in [0.3, 0.4) is 0 Å². The van der Waals surface area contributed by atoms with Gasteiger partial charge >= 0.3 is 5.97 Å². The minimum absolute atomic E-state index is 0.118. The summed E-state index contributed by atoms with van der Waals surface area (Å²) in [6.45, 7) is 6.35. The predicted molar refractivity (Wildman–Crippen MR) is 64.4 cm³/mol. The highest BCUT2D eigenvalue weighted by Crippen LogP contribution is 2.12. The number of likely N-dealkylation sites (N-methyl/N-ethyl adjacent to an activating group) is 1. The molecule has 0 aliphatic carbocycles. The SMILES string of the molecule is C=C/C=C(\C=C)CC(C(=O)O)N(C)C(=O)CO. The minimum atomic E-state index is -1.13. The molecule has 0 saturated carbocycles. The summed E-state index contributed by atoms with van der Waals surface area (Å²) in [5.41, 5.74) is 0.657. The van der Waals surface area contributed by atoms with Gasteiger partial charge in [-0.25, -0.2) is 4.79 Å². The number of nitrogens with zero attached hydrogens (tertiary/aromatic N) is 1. The van der Waals surface area contributed by atoms with Crippen LogP contribution >= 0.6 is 0 Å². The number of carboxylic acids is 1. The lowest BCUT2D eigenvalue weighted by Crippen LogP contribution is -2.43. The van der Waals surface area contributed by atoms with Crippen molar-refractivity contribution in [1.29, 1.82) is 0 Å². The van der Waals surface area contributed by atoms with Crippen molar-refractivity contribution in [3.8, 4) is 0 Å². The smallest absolute Gasteiger partial charge is 0.326 e. The van der Waals surface area contributed by atoms with Crippen molar-refractivity contribution in [2.75, 3.05) is 13.7 Å². The van der Waals surface area contributed by atoms with E-state index in [1.165, 1.54) is 19.2 Å². The summed E-state index contributed by atoms with van der Waals surface area (Å²) in [5.74, 6) is -1.77. The Morgan fingerprint density at radius 1 is 1.41 bits per heavy atom. The summed E-state index contributed by atoms with van der Waals surface area (Å²) < 4.78 is 0. The molecular weight excluding hydrogens is 222 g/mol. The summed E-state index contributed by atoms with van der Waals surface area (Å²) in [5, 5.41) is 17.7. The molecule has 0 aromatic rings. The van der Waals surface area contributed by atoms with Crippen LogP contribution in [0.1, 0.15) is 6.42 Å². The van der Waals surface area contributed by atoms with Crippen LogP contribution < -0.4 is 0 Å². The van der Waals surface area contributed by atoms with Crippen LogP contribution in [0.5, 0.6) is 0 Å². The van der Waals surface area contributed by atoms with E-state index < -0.39 is 24.5 Å². The van der Waals surface area contributed by atoms with E-state index in [0.29, 0.717) is 5.57 Å². The fourth-order valence-electron chi connectivity index (χ4n) is 1.27. The van der Waals surface area contributed by atoms with E-state index in [0.717, 1.165) is 4.90 Å². The van der Waals surface area contributed by atoms with Gasteiger partial charge in [0.15, 0.2) is 0 Å². The Kier molecular flexibility index (Phi) is 6.58. The molecule has 1 atom stereocenters. The first-order valence-electron chi connectivity index (χ1n) is 5.01. The molecule has 0 rings (SSSR count). The Bertz CT molecular complexity index is 346. The van der Waals surface area contributed by atoms with Gasteiger partial charge in [-0.05, 0) is 5.57 Å². The molecule has 1 unspecified atom stereocenters. The second-order valence-electron chi connectivity index (χ2n) is 3.40. The largest absolute Gasteiger partial charge is 0.480 e. The van der Waals surface area contributed by atoms with E-state index >= 15 is 0 Å². The fourth-order valence-corrected chi connectivity index (χ4v) is 1.27. The van der Waals surface area contributed by atoms with Gasteiger partial charge in [-0.1, -0.05) is 31.4 Å². The minimum Gasteiger partial charge on any atom is -0.480 e. The molecule has 5 nitrogen and oxygen atoms in total. The van der Waals surface area contributed by atoms with Crippen molar-refractivity contribution in [2.24, 2.45) is 0 Å². The molecule has 0 bridgehead atoms. The highest BCUT2D eigenvalue weighted by molar-refractivity contribution is 5.84. The lowest BCUT2D eigenvalue weighted by molar-refractivity contribution is -0.150. The van der Waals surface area contributed by atoms with Gasteiger partial charge < -0.3 is 15.1 Å². The third-order valence-corrected chi connectivity index (χ3v) is 2.30. The second-order valence-corrected chi connectivity index (χ2v) is 3.40. The van der Waals surface area contributed by atoms with Crippen LogP contribution in [0, 0.1) is 0 Å². The number of amides is 1. The summed E-state index contributed by atoms with van der Waals surface area (Å²) in [4.78, 5) is 23.3. The maximum absolute atomic E-state index is 11.2. The number of carboxylic acid groups (broad SMARTS) is 1. The summed E-state index contributed by atoms with van der Waals surface area (Å²) in [7, 11) is 1.34. The monoisotopic (exact) mass is 239 g/mol. The molecule has 17 heavy (non-hydrogen) atoms. The van der Waals surface area contributed by atoms with Gasteiger partial charge in [0.2, 0.25) is 5.91 Å². The number of hydrogen-bond donors (Lipinski definition) is 2. The Morgan fingerprint density at radius 3 is 2.35 bits per heavy atom. The molecule has 0 spiro atoms. The number of aliphatic carboxylic acids is 1. The summed E-state index contributed by atoms with van der Waals surface area (Å²) in [6, 6.07) is -1.03. The first kappa shape index (κ1) is 15.1. The Labute approximate surface area is 100 Å². The summed E-state index contributed by atoms with van der Waals surface area (Å²) in [6.07, 6.45) is 4.77. The Morgan fingerprint density at radius 2 is 2.00 bits per heavy atom. The molecule has 0 heterocycles. The van der Waals surface area contributed by atoms with Gasteiger partial charge in [0.25, 0.3) is 0 Å². The molecule has 0 radical (unpaired) electrons. The normalized spacial score (nSPS) is 12.7. The van der Waals surface area contributed by atoms with Crippen LogP contribution in [0.2, 0.25) is 0 Å². The molecule has 0 fully saturated rings. The van der Waals surface area contributed by atoms with Gasteiger partial charge in [0.05, 0.1) is 0 Å². The predicted octanol–water partition coefficient (Wildman–Crippen LogP) is 0.579. The zero-order valence-electron chi connectivity index (χ0n) is 9.80. The van der Waals surface area contributed by atoms with E-state index in [2.05, 4.69) is 13.2 Å². The van der Waals surface area contributed by atoms with Gasteiger partial charge in [-0.15, -0.1) is 0 Å². The lowest BCUT2D eigenvalue weighted by atomic mass is 10.0. The van der Waals surface area contributed by atoms with Crippen molar-refractivity contribution >= 4 is 11.9 Å². The van der Waals surface area contributed by atoms with Crippen LogP contribution in [0.25, 0.3) is 0 Å². The number of rotatable bonds is 7. The number of aliphatic hydroxyl groups excluding tert-OH is 1. The summed E-state index contributed by atoms with van der Waals surface area (Å²) >= 11 is 0. The van der Waals surface area contributed by atoms with Crippen molar-refractivity contribution < 1.29 is 19.8 Å². The van der Waals surface area contributed by atoms with Crippen molar-refractivity contribution in [2.45, 2.75) is 12.5 Å². The van der Waals surface area contributed by atoms with Crippen molar-refractivity contribution in [3.63, 3.8) is 0 Å². The first-order valence-corrected chi connectivity index (χ1v) is 5.01. The zero-order chi connectivity index (χ0) is 13.4. The van der Waals surface area contributed by atoms with Crippen LogP contribution in [0.15, 0.2) is 37.0 Å².